The summed E-state index contributed by atoms with van der Waals surface area (Å²) in [5.74, 6) is -0.616. The van der Waals surface area contributed by atoms with Gasteiger partial charge in [0.25, 0.3) is 0 Å². The number of carbonyl (C=O) groups excluding carboxylic acids is 4. The van der Waals surface area contributed by atoms with Gasteiger partial charge in [-0.3, -0.25) is 37.3 Å². The Labute approximate surface area is 530 Å². The minimum atomic E-state index is -4.95. The van der Waals surface area contributed by atoms with Crippen molar-refractivity contribution < 1.29 is 80.2 Å². The standard InChI is InChI=1S/C68H132O17P2/c1-7-9-11-13-15-17-19-28-34-40-46-52-67(72)84-63(56-78-65(70)50-44-38-32-26-18-16-14-12-10-8-2)58-82-86(74,75)80-54-62(69)55-81-87(76,77)83-59-64(85-68(73)53-47-41-35-29-23-21-25-31-37-43-49-61(5)6)57-79-66(71)51-45-39-33-27-22-20-24-30-36-42-48-60(3)4/h60-64,69H,7-59H2,1-6H3,(H,74,75)(H,76,77)/t62-,63+,64+/m0/s1. The number of aliphatic hydroxyl groups is 1. The second-order valence-corrected chi connectivity index (χ2v) is 28.4. The number of hydrogen-bond donors (Lipinski definition) is 3. The predicted octanol–water partition coefficient (Wildman–Crippen LogP) is 19.2. The van der Waals surface area contributed by atoms with Crippen LogP contribution < -0.4 is 0 Å². The summed E-state index contributed by atoms with van der Waals surface area (Å²) < 4.78 is 68.2. The van der Waals surface area contributed by atoms with E-state index in [1.165, 1.54) is 161 Å². The van der Waals surface area contributed by atoms with Gasteiger partial charge >= 0.3 is 39.5 Å². The predicted molar refractivity (Wildman–Crippen MR) is 349 cm³/mol. The number of ether oxygens (including phenoxy) is 4. The first kappa shape index (κ1) is 85.1. The van der Waals surface area contributed by atoms with E-state index in [9.17, 15) is 43.2 Å². The summed E-state index contributed by atoms with van der Waals surface area (Å²) in [4.78, 5) is 72.4. The van der Waals surface area contributed by atoms with E-state index >= 15 is 0 Å². The number of hydrogen-bond acceptors (Lipinski definition) is 15. The molecule has 17 nitrogen and oxygen atoms in total. The third-order valence-electron chi connectivity index (χ3n) is 15.7. The van der Waals surface area contributed by atoms with Crippen LogP contribution in [0.2, 0.25) is 0 Å². The first-order chi connectivity index (χ1) is 41.9. The van der Waals surface area contributed by atoms with E-state index in [1.54, 1.807) is 0 Å². The monoisotopic (exact) mass is 1280 g/mol. The lowest BCUT2D eigenvalue weighted by Crippen LogP contribution is -2.30. The smallest absolute Gasteiger partial charge is 0.462 e. The lowest BCUT2D eigenvalue weighted by atomic mass is 10.0. The Morgan fingerprint density at radius 3 is 0.782 bits per heavy atom. The molecular formula is C68H132O17P2. The van der Waals surface area contributed by atoms with E-state index in [4.69, 9.17) is 37.0 Å². The highest BCUT2D eigenvalue weighted by Crippen LogP contribution is 2.45. The SMILES string of the molecule is CCCCCCCCCCCCCC(=O)O[C@H](COC(=O)CCCCCCCCCCCC)COP(=O)(O)OC[C@H](O)COP(=O)(O)OC[C@@H](COC(=O)CCCCCCCCCCCCC(C)C)OC(=O)CCCCCCCCCCCCC(C)C. The van der Waals surface area contributed by atoms with Gasteiger partial charge in [-0.25, -0.2) is 9.13 Å². The van der Waals surface area contributed by atoms with E-state index in [0.29, 0.717) is 25.7 Å². The number of phosphoric ester groups is 2. The molecular weight excluding hydrogens is 1150 g/mol. The zero-order valence-electron chi connectivity index (χ0n) is 56.3. The Hall–Kier alpha value is -1.94. The molecule has 0 saturated carbocycles. The molecule has 3 N–H and O–H groups in total. The molecule has 0 heterocycles. The van der Waals surface area contributed by atoms with Crippen LogP contribution in [0.4, 0.5) is 0 Å². The molecule has 87 heavy (non-hydrogen) atoms. The van der Waals surface area contributed by atoms with Crippen LogP contribution in [0.3, 0.4) is 0 Å². The minimum Gasteiger partial charge on any atom is -0.462 e. The molecule has 0 aliphatic heterocycles. The molecule has 0 spiro atoms. The number of phosphoric acid groups is 2. The number of rotatable bonds is 67. The van der Waals surface area contributed by atoms with Gasteiger partial charge in [-0.15, -0.1) is 0 Å². The molecule has 0 aromatic heterocycles. The van der Waals surface area contributed by atoms with Gasteiger partial charge in [-0.1, -0.05) is 292 Å². The summed E-state index contributed by atoms with van der Waals surface area (Å²) in [5.41, 5.74) is 0. The highest BCUT2D eigenvalue weighted by Gasteiger charge is 2.30. The Balaban J connectivity index is 5.25. The summed E-state index contributed by atoms with van der Waals surface area (Å²) >= 11 is 0. The molecule has 0 aromatic carbocycles. The Bertz CT molecular complexity index is 1700. The highest BCUT2D eigenvalue weighted by molar-refractivity contribution is 7.47. The molecule has 0 aliphatic carbocycles. The second kappa shape index (κ2) is 60.3. The van der Waals surface area contributed by atoms with Gasteiger partial charge in [0.2, 0.25) is 0 Å². The fourth-order valence-electron chi connectivity index (χ4n) is 10.2. The summed E-state index contributed by atoms with van der Waals surface area (Å²) in [5, 5.41) is 10.6. The van der Waals surface area contributed by atoms with Gasteiger partial charge in [0, 0.05) is 25.7 Å². The topological polar surface area (TPSA) is 237 Å². The molecule has 0 fully saturated rings. The molecule has 0 amide bonds. The third kappa shape index (κ3) is 62.6. The number of carbonyl (C=O) groups is 4. The molecule has 0 aliphatic rings. The van der Waals surface area contributed by atoms with E-state index in [1.807, 2.05) is 0 Å². The lowest BCUT2D eigenvalue weighted by molar-refractivity contribution is -0.161. The molecule has 516 valence electrons. The molecule has 0 rings (SSSR count). The van der Waals surface area contributed by atoms with Crippen LogP contribution in [0, 0.1) is 11.8 Å². The Morgan fingerprint density at radius 2 is 0.529 bits per heavy atom. The maximum atomic E-state index is 13.0. The zero-order chi connectivity index (χ0) is 64.3. The molecule has 0 saturated heterocycles. The fourth-order valence-corrected chi connectivity index (χ4v) is 11.8. The Morgan fingerprint density at radius 1 is 0.310 bits per heavy atom. The van der Waals surface area contributed by atoms with Gasteiger partial charge < -0.3 is 33.8 Å². The van der Waals surface area contributed by atoms with Crippen molar-refractivity contribution in [3.05, 3.63) is 0 Å². The van der Waals surface area contributed by atoms with Gasteiger partial charge in [-0.05, 0) is 37.5 Å². The maximum Gasteiger partial charge on any atom is 0.472 e. The molecule has 0 bridgehead atoms. The first-order valence-electron chi connectivity index (χ1n) is 35.5. The molecule has 0 aromatic rings. The van der Waals surface area contributed by atoms with Crippen LogP contribution in [-0.2, 0) is 65.4 Å². The molecule has 2 unspecified atom stereocenters. The average Bonchev–Trinajstić information content (AvgIpc) is 3.68. The quantitative estimate of drug-likeness (QED) is 0.0222. The van der Waals surface area contributed by atoms with Crippen LogP contribution in [-0.4, -0.2) is 96.7 Å². The van der Waals surface area contributed by atoms with Gasteiger partial charge in [0.05, 0.1) is 26.4 Å². The highest BCUT2D eigenvalue weighted by atomic mass is 31.2. The number of unbranched alkanes of at least 4 members (excludes halogenated alkanes) is 37. The van der Waals surface area contributed by atoms with Crippen molar-refractivity contribution >= 4 is 39.5 Å². The largest absolute Gasteiger partial charge is 0.472 e. The van der Waals surface area contributed by atoms with Crippen molar-refractivity contribution in [3.8, 4) is 0 Å². The number of esters is 4. The molecule has 0 radical (unpaired) electrons. The molecule has 19 heteroatoms. The molecule has 5 atom stereocenters. The van der Waals surface area contributed by atoms with Crippen molar-refractivity contribution in [2.24, 2.45) is 11.8 Å². The van der Waals surface area contributed by atoms with Gasteiger partial charge in [0.15, 0.2) is 12.2 Å². The maximum absolute atomic E-state index is 13.0. The van der Waals surface area contributed by atoms with Crippen molar-refractivity contribution in [2.75, 3.05) is 39.6 Å². The van der Waals surface area contributed by atoms with Crippen LogP contribution in [0.5, 0.6) is 0 Å². The summed E-state index contributed by atoms with van der Waals surface area (Å²) in [6.07, 6.45) is 44.3. The van der Waals surface area contributed by atoms with E-state index in [2.05, 4.69) is 41.5 Å². The van der Waals surface area contributed by atoms with Crippen LogP contribution in [0.1, 0.15) is 343 Å². The first-order valence-corrected chi connectivity index (χ1v) is 38.5. The van der Waals surface area contributed by atoms with Crippen molar-refractivity contribution in [3.63, 3.8) is 0 Å². The minimum absolute atomic E-state index is 0.106. The second-order valence-electron chi connectivity index (χ2n) is 25.5. The average molecular weight is 1280 g/mol. The number of aliphatic hydroxyl groups excluding tert-OH is 1. The summed E-state index contributed by atoms with van der Waals surface area (Å²) in [6.45, 7) is 9.51. The normalized spacial score (nSPS) is 14.2. The van der Waals surface area contributed by atoms with Crippen molar-refractivity contribution in [1.82, 2.24) is 0 Å². The van der Waals surface area contributed by atoms with Crippen molar-refractivity contribution in [1.29, 1.82) is 0 Å². The van der Waals surface area contributed by atoms with E-state index in [-0.39, 0.29) is 25.7 Å². The van der Waals surface area contributed by atoms with Crippen LogP contribution >= 0.6 is 15.6 Å². The van der Waals surface area contributed by atoms with Crippen LogP contribution in [0.15, 0.2) is 0 Å². The van der Waals surface area contributed by atoms with E-state index in [0.717, 1.165) is 102 Å². The fraction of sp³-hybridized carbons (Fsp3) is 0.941. The summed E-state index contributed by atoms with van der Waals surface area (Å²) in [7, 11) is -9.89. The van der Waals surface area contributed by atoms with Crippen LogP contribution in [0.25, 0.3) is 0 Å². The lowest BCUT2D eigenvalue weighted by Gasteiger charge is -2.21. The zero-order valence-corrected chi connectivity index (χ0v) is 58.1. The van der Waals surface area contributed by atoms with Gasteiger partial charge in [-0.2, -0.15) is 0 Å². The summed E-state index contributed by atoms with van der Waals surface area (Å²) in [6, 6.07) is 0. The van der Waals surface area contributed by atoms with Gasteiger partial charge in [0.1, 0.15) is 19.3 Å². The van der Waals surface area contributed by atoms with E-state index < -0.39 is 97.5 Å². The third-order valence-corrected chi connectivity index (χ3v) is 17.6. The Kier molecular flexibility index (Phi) is 59.0. The van der Waals surface area contributed by atoms with Crippen molar-refractivity contribution in [2.45, 2.75) is 362 Å².